The van der Waals surface area contributed by atoms with Crippen LogP contribution in [0.5, 0.6) is 11.5 Å². The average Bonchev–Trinajstić information content (AvgIpc) is 3.19. The topological polar surface area (TPSA) is 54.0 Å². The molecule has 1 saturated heterocycles. The molecular formula is C20H22O5. The molecule has 0 bridgehead atoms. The average molecular weight is 342 g/mol. The summed E-state index contributed by atoms with van der Waals surface area (Å²) in [6.45, 7) is 1.59. The van der Waals surface area contributed by atoms with E-state index in [9.17, 15) is 4.79 Å². The number of carbonyl (C=O) groups is 1. The first kappa shape index (κ1) is 17.5. The molecule has 132 valence electrons. The number of benzene rings is 2. The lowest BCUT2D eigenvalue weighted by molar-refractivity contribution is -0.107. The first-order valence-corrected chi connectivity index (χ1v) is 8.35. The Balaban J connectivity index is 1.76. The van der Waals surface area contributed by atoms with E-state index in [0.717, 1.165) is 34.5 Å². The van der Waals surface area contributed by atoms with Gasteiger partial charge in [0.15, 0.2) is 6.29 Å². The van der Waals surface area contributed by atoms with Crippen molar-refractivity contribution in [3.05, 3.63) is 59.2 Å². The van der Waals surface area contributed by atoms with Crippen LogP contribution >= 0.6 is 0 Å². The van der Waals surface area contributed by atoms with Crippen molar-refractivity contribution in [3.8, 4) is 11.5 Å². The summed E-state index contributed by atoms with van der Waals surface area (Å²) in [5, 5.41) is 0. The summed E-state index contributed by atoms with van der Waals surface area (Å²) >= 11 is 0. The zero-order valence-electron chi connectivity index (χ0n) is 14.3. The van der Waals surface area contributed by atoms with Crippen molar-refractivity contribution in [1.29, 1.82) is 0 Å². The molecule has 1 aliphatic heterocycles. The van der Waals surface area contributed by atoms with E-state index >= 15 is 0 Å². The second-order valence-electron chi connectivity index (χ2n) is 5.79. The fourth-order valence-electron chi connectivity index (χ4n) is 2.70. The molecule has 0 aliphatic carbocycles. The number of ether oxygens (including phenoxy) is 4. The van der Waals surface area contributed by atoms with Crippen molar-refractivity contribution in [3.63, 3.8) is 0 Å². The fraction of sp³-hybridized carbons (Fsp3) is 0.350. The second-order valence-corrected chi connectivity index (χ2v) is 5.79. The summed E-state index contributed by atoms with van der Waals surface area (Å²) in [5.41, 5.74) is 2.97. The van der Waals surface area contributed by atoms with Gasteiger partial charge in [-0.3, -0.25) is 0 Å². The van der Waals surface area contributed by atoms with Gasteiger partial charge in [-0.15, -0.1) is 0 Å². The Bertz CT molecular complexity index is 690. The van der Waals surface area contributed by atoms with Gasteiger partial charge in [0.1, 0.15) is 24.4 Å². The van der Waals surface area contributed by atoms with Crippen LogP contribution in [0.3, 0.4) is 0 Å². The largest absolute Gasteiger partial charge is 0.497 e. The molecule has 0 spiro atoms. The Hall–Kier alpha value is -2.37. The van der Waals surface area contributed by atoms with Gasteiger partial charge in [-0.05, 0) is 41.8 Å². The molecule has 0 N–H and O–H groups in total. The van der Waals surface area contributed by atoms with E-state index in [0.29, 0.717) is 32.7 Å². The SMILES string of the molecule is COc1ccc(COc2cc(CCC=O)ccc2C2OCCO2)cc1. The van der Waals surface area contributed by atoms with Crippen molar-refractivity contribution in [2.75, 3.05) is 20.3 Å². The zero-order chi connectivity index (χ0) is 17.5. The van der Waals surface area contributed by atoms with Gasteiger partial charge in [0.25, 0.3) is 0 Å². The highest BCUT2D eigenvalue weighted by Gasteiger charge is 2.22. The lowest BCUT2D eigenvalue weighted by Crippen LogP contribution is -2.05. The fourth-order valence-corrected chi connectivity index (χ4v) is 2.70. The van der Waals surface area contributed by atoms with Crippen molar-refractivity contribution in [2.24, 2.45) is 0 Å². The normalized spacial score (nSPS) is 14.4. The lowest BCUT2D eigenvalue weighted by Gasteiger charge is -2.17. The molecule has 2 aromatic carbocycles. The number of aldehydes is 1. The minimum atomic E-state index is -0.397. The Morgan fingerprint density at radius 1 is 1.08 bits per heavy atom. The Labute approximate surface area is 147 Å². The standard InChI is InChI=1S/C20H22O5/c1-22-17-7-4-16(5-8-17)14-25-19-13-15(3-2-10-21)6-9-18(19)20-23-11-12-24-20/h4-10,13,20H,2-3,11-12,14H2,1H3. The van der Waals surface area contributed by atoms with Gasteiger partial charge in [-0.1, -0.05) is 18.2 Å². The molecule has 5 nitrogen and oxygen atoms in total. The van der Waals surface area contributed by atoms with Crippen LogP contribution in [0.2, 0.25) is 0 Å². The number of aryl methyl sites for hydroxylation is 1. The van der Waals surface area contributed by atoms with Crippen LogP contribution in [0.1, 0.15) is 29.4 Å². The van der Waals surface area contributed by atoms with Gasteiger partial charge >= 0.3 is 0 Å². The third-order valence-electron chi connectivity index (χ3n) is 4.06. The number of carbonyl (C=O) groups excluding carboxylic acids is 1. The van der Waals surface area contributed by atoms with E-state index in [4.69, 9.17) is 18.9 Å². The molecule has 1 heterocycles. The molecule has 0 saturated carbocycles. The van der Waals surface area contributed by atoms with E-state index in [1.165, 1.54) is 0 Å². The van der Waals surface area contributed by atoms with Crippen LogP contribution in [-0.2, 0) is 27.3 Å². The summed E-state index contributed by atoms with van der Waals surface area (Å²) in [6, 6.07) is 13.7. The molecule has 2 aromatic rings. The minimum absolute atomic E-state index is 0.397. The van der Waals surface area contributed by atoms with Crippen LogP contribution in [0.4, 0.5) is 0 Å². The molecule has 1 fully saturated rings. The molecule has 0 atom stereocenters. The molecule has 0 radical (unpaired) electrons. The Kier molecular flexibility index (Phi) is 6.04. The van der Waals surface area contributed by atoms with Gasteiger partial charge in [0.2, 0.25) is 0 Å². The lowest BCUT2D eigenvalue weighted by atomic mass is 10.1. The van der Waals surface area contributed by atoms with Crippen LogP contribution in [0, 0.1) is 0 Å². The van der Waals surface area contributed by atoms with E-state index in [-0.39, 0.29) is 0 Å². The van der Waals surface area contributed by atoms with E-state index < -0.39 is 6.29 Å². The number of hydrogen-bond donors (Lipinski definition) is 0. The first-order chi connectivity index (χ1) is 12.3. The Morgan fingerprint density at radius 2 is 1.80 bits per heavy atom. The molecule has 0 aromatic heterocycles. The third kappa shape index (κ3) is 4.59. The smallest absolute Gasteiger partial charge is 0.187 e. The highest BCUT2D eigenvalue weighted by atomic mass is 16.7. The van der Waals surface area contributed by atoms with Crippen molar-refractivity contribution in [1.82, 2.24) is 0 Å². The van der Waals surface area contributed by atoms with E-state index in [1.54, 1.807) is 7.11 Å². The first-order valence-electron chi connectivity index (χ1n) is 8.35. The summed E-state index contributed by atoms with van der Waals surface area (Å²) in [5.74, 6) is 1.54. The highest BCUT2D eigenvalue weighted by Crippen LogP contribution is 2.33. The number of rotatable bonds is 8. The molecule has 1 aliphatic rings. The maximum atomic E-state index is 10.6. The predicted molar refractivity (Wildman–Crippen MR) is 92.8 cm³/mol. The molecule has 0 amide bonds. The summed E-state index contributed by atoms with van der Waals surface area (Å²) in [6.07, 6.45) is 1.71. The van der Waals surface area contributed by atoms with Crippen molar-refractivity contribution in [2.45, 2.75) is 25.7 Å². The molecule has 3 rings (SSSR count). The van der Waals surface area contributed by atoms with Gasteiger partial charge in [-0.25, -0.2) is 0 Å². The van der Waals surface area contributed by atoms with Crippen LogP contribution in [0.15, 0.2) is 42.5 Å². The van der Waals surface area contributed by atoms with Gasteiger partial charge in [0, 0.05) is 12.0 Å². The maximum Gasteiger partial charge on any atom is 0.187 e. The third-order valence-corrected chi connectivity index (χ3v) is 4.06. The minimum Gasteiger partial charge on any atom is -0.497 e. The van der Waals surface area contributed by atoms with Gasteiger partial charge in [0.05, 0.1) is 20.3 Å². The monoisotopic (exact) mass is 342 g/mol. The van der Waals surface area contributed by atoms with Gasteiger partial charge < -0.3 is 23.7 Å². The Morgan fingerprint density at radius 3 is 2.48 bits per heavy atom. The molecular weight excluding hydrogens is 320 g/mol. The van der Waals surface area contributed by atoms with Crippen LogP contribution < -0.4 is 9.47 Å². The predicted octanol–water partition coefficient (Wildman–Crippen LogP) is 3.45. The van der Waals surface area contributed by atoms with E-state index in [2.05, 4.69) is 0 Å². The quantitative estimate of drug-likeness (QED) is 0.688. The molecule has 0 unspecified atom stereocenters. The summed E-state index contributed by atoms with van der Waals surface area (Å²) in [4.78, 5) is 10.6. The van der Waals surface area contributed by atoms with Crippen molar-refractivity contribution >= 4 is 6.29 Å². The van der Waals surface area contributed by atoms with Crippen molar-refractivity contribution < 1.29 is 23.7 Å². The van der Waals surface area contributed by atoms with Gasteiger partial charge in [-0.2, -0.15) is 0 Å². The summed E-state index contributed by atoms with van der Waals surface area (Å²) in [7, 11) is 1.64. The van der Waals surface area contributed by atoms with Crippen LogP contribution in [0.25, 0.3) is 0 Å². The van der Waals surface area contributed by atoms with Crippen LogP contribution in [-0.4, -0.2) is 26.6 Å². The number of methoxy groups -OCH3 is 1. The summed E-state index contributed by atoms with van der Waals surface area (Å²) < 4.78 is 22.4. The zero-order valence-corrected chi connectivity index (χ0v) is 14.3. The number of hydrogen-bond acceptors (Lipinski definition) is 5. The molecule has 5 heteroatoms. The maximum absolute atomic E-state index is 10.6. The molecule has 25 heavy (non-hydrogen) atoms. The second kappa shape index (κ2) is 8.65. The van der Waals surface area contributed by atoms with E-state index in [1.807, 2.05) is 42.5 Å². The highest BCUT2D eigenvalue weighted by molar-refractivity contribution is 5.50.